The van der Waals surface area contributed by atoms with Crippen LogP contribution in [0.3, 0.4) is 0 Å². The maximum atomic E-state index is 14.1. The second-order valence-electron chi connectivity index (χ2n) is 10.0. The zero-order valence-electron chi connectivity index (χ0n) is 19.7. The predicted molar refractivity (Wildman–Crippen MR) is 128 cm³/mol. The topological polar surface area (TPSA) is 88.3 Å². The molecule has 1 aliphatic rings. The number of likely N-dealkylation sites (tertiary alicyclic amines) is 1. The predicted octanol–water partition coefficient (Wildman–Crippen LogP) is 4.98. The SMILES string of the molecule is CC(C)Cc1nn(-c2ccc(Cl)c(F)c2)c2ccc(C(=O)N3CCC(C(=O)O)C(C)(C)C3)nc12. The van der Waals surface area contributed by atoms with E-state index in [0.717, 1.165) is 5.69 Å². The number of piperidine rings is 1. The van der Waals surface area contributed by atoms with Gasteiger partial charge >= 0.3 is 5.97 Å². The molecule has 0 spiro atoms. The normalized spacial score (nSPS) is 18.0. The molecule has 2 aromatic heterocycles. The summed E-state index contributed by atoms with van der Waals surface area (Å²) in [7, 11) is 0. The molecule has 3 heterocycles. The van der Waals surface area contributed by atoms with Crippen LogP contribution in [0, 0.1) is 23.1 Å². The van der Waals surface area contributed by atoms with E-state index >= 15 is 0 Å². The summed E-state index contributed by atoms with van der Waals surface area (Å²) in [4.78, 5) is 31.3. The molecule has 3 aromatic rings. The Hall–Kier alpha value is -3.00. The average molecular weight is 487 g/mol. The number of amides is 1. The number of carboxylic acids is 1. The van der Waals surface area contributed by atoms with E-state index in [2.05, 4.69) is 18.8 Å². The lowest BCUT2D eigenvalue weighted by molar-refractivity contribution is -0.148. The summed E-state index contributed by atoms with van der Waals surface area (Å²) < 4.78 is 15.7. The zero-order chi connectivity index (χ0) is 24.8. The molecule has 1 atom stereocenters. The van der Waals surface area contributed by atoms with Crippen LogP contribution >= 0.6 is 11.6 Å². The highest BCUT2D eigenvalue weighted by molar-refractivity contribution is 6.30. The van der Waals surface area contributed by atoms with Gasteiger partial charge in [0, 0.05) is 19.2 Å². The van der Waals surface area contributed by atoms with Crippen molar-refractivity contribution in [3.05, 3.63) is 52.6 Å². The molecule has 1 saturated heterocycles. The number of aliphatic carboxylic acids is 1. The fourth-order valence-electron chi connectivity index (χ4n) is 4.66. The van der Waals surface area contributed by atoms with Crippen molar-refractivity contribution in [2.45, 2.75) is 40.5 Å². The van der Waals surface area contributed by atoms with Crippen LogP contribution in [0.1, 0.15) is 50.3 Å². The summed E-state index contributed by atoms with van der Waals surface area (Å²) in [6.45, 7) is 8.58. The van der Waals surface area contributed by atoms with Crippen molar-refractivity contribution in [3.63, 3.8) is 0 Å². The summed E-state index contributed by atoms with van der Waals surface area (Å²) >= 11 is 5.84. The van der Waals surface area contributed by atoms with Crippen LogP contribution in [0.4, 0.5) is 4.39 Å². The van der Waals surface area contributed by atoms with Gasteiger partial charge in [-0.15, -0.1) is 0 Å². The van der Waals surface area contributed by atoms with Gasteiger partial charge in [0.2, 0.25) is 0 Å². The Morgan fingerprint density at radius 3 is 2.62 bits per heavy atom. The second kappa shape index (κ2) is 8.98. The molecule has 34 heavy (non-hydrogen) atoms. The van der Waals surface area contributed by atoms with Crippen molar-refractivity contribution < 1.29 is 19.1 Å². The van der Waals surface area contributed by atoms with E-state index in [1.807, 2.05) is 13.8 Å². The van der Waals surface area contributed by atoms with Crippen LogP contribution in [0.15, 0.2) is 30.3 Å². The van der Waals surface area contributed by atoms with E-state index in [1.54, 1.807) is 27.8 Å². The van der Waals surface area contributed by atoms with Gasteiger partial charge in [-0.1, -0.05) is 39.3 Å². The van der Waals surface area contributed by atoms with E-state index in [-0.39, 0.29) is 16.6 Å². The Kier molecular flexibility index (Phi) is 6.38. The molecule has 0 bridgehead atoms. The second-order valence-corrected chi connectivity index (χ2v) is 10.4. The number of carbonyl (C=O) groups is 2. The van der Waals surface area contributed by atoms with E-state index in [4.69, 9.17) is 16.7 Å². The van der Waals surface area contributed by atoms with Crippen molar-refractivity contribution in [1.82, 2.24) is 19.7 Å². The molecule has 0 radical (unpaired) electrons. The lowest BCUT2D eigenvalue weighted by Gasteiger charge is -2.42. The Morgan fingerprint density at radius 2 is 2.00 bits per heavy atom. The monoisotopic (exact) mass is 486 g/mol. The summed E-state index contributed by atoms with van der Waals surface area (Å²) in [5, 5.41) is 14.2. The van der Waals surface area contributed by atoms with Crippen LogP contribution in [-0.4, -0.2) is 49.7 Å². The highest BCUT2D eigenvalue weighted by Crippen LogP contribution is 2.35. The molecular weight excluding hydrogens is 459 g/mol. The number of benzene rings is 1. The number of hydrogen-bond acceptors (Lipinski definition) is 4. The molecule has 1 N–H and O–H groups in total. The van der Waals surface area contributed by atoms with E-state index in [9.17, 15) is 19.1 Å². The molecule has 0 aliphatic carbocycles. The molecule has 1 aliphatic heterocycles. The number of rotatable bonds is 5. The van der Waals surface area contributed by atoms with Gasteiger partial charge in [0.1, 0.15) is 17.0 Å². The Morgan fingerprint density at radius 1 is 1.26 bits per heavy atom. The first-order chi connectivity index (χ1) is 16.0. The van der Waals surface area contributed by atoms with E-state index in [0.29, 0.717) is 48.6 Å². The zero-order valence-corrected chi connectivity index (χ0v) is 20.4. The average Bonchev–Trinajstić information content (AvgIpc) is 3.11. The maximum absolute atomic E-state index is 14.1. The molecule has 7 nitrogen and oxygen atoms in total. The third-order valence-electron chi connectivity index (χ3n) is 6.38. The number of hydrogen-bond donors (Lipinski definition) is 1. The van der Waals surface area contributed by atoms with Crippen LogP contribution < -0.4 is 0 Å². The van der Waals surface area contributed by atoms with Gasteiger partial charge < -0.3 is 10.0 Å². The molecule has 1 aromatic carbocycles. The largest absolute Gasteiger partial charge is 0.481 e. The first-order valence-electron chi connectivity index (χ1n) is 11.3. The summed E-state index contributed by atoms with van der Waals surface area (Å²) in [5.41, 5.74) is 2.23. The quantitative estimate of drug-likeness (QED) is 0.549. The summed E-state index contributed by atoms with van der Waals surface area (Å²) in [6.07, 6.45) is 1.04. The van der Waals surface area contributed by atoms with Crippen molar-refractivity contribution in [3.8, 4) is 5.69 Å². The lowest BCUT2D eigenvalue weighted by atomic mass is 9.74. The number of aromatic nitrogens is 3. The number of fused-ring (bicyclic) bond motifs is 1. The van der Waals surface area contributed by atoms with Gasteiger partial charge in [-0.05, 0) is 48.4 Å². The van der Waals surface area contributed by atoms with E-state index in [1.165, 1.54) is 12.1 Å². The molecular formula is C25H28ClFN4O3. The third-order valence-corrected chi connectivity index (χ3v) is 6.69. The number of carboxylic acid groups (broad SMARTS) is 1. The molecule has 1 fully saturated rings. The van der Waals surface area contributed by atoms with Crippen molar-refractivity contribution in [2.75, 3.05) is 13.1 Å². The standard InChI is InChI=1S/C25H28ClFN4O3/c1-14(2)11-20-22-21(31(29-20)15-5-6-17(26)18(27)12-15)8-7-19(28-22)23(32)30-10-9-16(24(33)34)25(3,4)13-30/h5-8,12,14,16H,9-11,13H2,1-4H3,(H,33,34). The molecule has 9 heteroatoms. The molecule has 4 rings (SSSR count). The van der Waals surface area contributed by atoms with Gasteiger partial charge in [0.05, 0.1) is 27.8 Å². The third kappa shape index (κ3) is 4.51. The molecule has 180 valence electrons. The first kappa shape index (κ1) is 24.1. The Labute approximate surface area is 202 Å². The Bertz CT molecular complexity index is 1270. The number of carbonyl (C=O) groups excluding carboxylic acids is 1. The highest BCUT2D eigenvalue weighted by atomic mass is 35.5. The van der Waals surface area contributed by atoms with Crippen LogP contribution in [0.25, 0.3) is 16.7 Å². The minimum Gasteiger partial charge on any atom is -0.481 e. The van der Waals surface area contributed by atoms with Gasteiger partial charge in [0.15, 0.2) is 0 Å². The minimum atomic E-state index is -0.832. The fraction of sp³-hybridized carbons (Fsp3) is 0.440. The van der Waals surface area contributed by atoms with Gasteiger partial charge in [-0.25, -0.2) is 14.1 Å². The number of halogens is 2. The lowest BCUT2D eigenvalue weighted by Crippen LogP contribution is -2.50. The van der Waals surface area contributed by atoms with Crippen LogP contribution in [-0.2, 0) is 11.2 Å². The van der Waals surface area contributed by atoms with E-state index < -0.39 is 23.1 Å². The highest BCUT2D eigenvalue weighted by Gasteiger charge is 2.42. The van der Waals surface area contributed by atoms with Crippen molar-refractivity contribution in [2.24, 2.45) is 17.3 Å². The smallest absolute Gasteiger partial charge is 0.307 e. The maximum Gasteiger partial charge on any atom is 0.307 e. The van der Waals surface area contributed by atoms with Crippen LogP contribution in [0.2, 0.25) is 5.02 Å². The van der Waals surface area contributed by atoms with Gasteiger partial charge in [0.25, 0.3) is 5.91 Å². The van der Waals surface area contributed by atoms with Crippen molar-refractivity contribution >= 4 is 34.5 Å². The fourth-order valence-corrected chi connectivity index (χ4v) is 4.78. The van der Waals surface area contributed by atoms with Crippen LogP contribution in [0.5, 0.6) is 0 Å². The summed E-state index contributed by atoms with van der Waals surface area (Å²) in [6, 6.07) is 7.90. The minimum absolute atomic E-state index is 0.0308. The summed E-state index contributed by atoms with van der Waals surface area (Å²) in [5.74, 6) is -1.81. The molecule has 1 amide bonds. The van der Waals surface area contributed by atoms with Crippen molar-refractivity contribution in [1.29, 1.82) is 0 Å². The molecule has 1 unspecified atom stereocenters. The van der Waals surface area contributed by atoms with Gasteiger partial charge in [-0.3, -0.25) is 9.59 Å². The Balaban J connectivity index is 1.72. The molecule has 0 saturated carbocycles. The number of nitrogens with zero attached hydrogens (tertiary/aromatic N) is 4. The number of pyridine rings is 1. The van der Waals surface area contributed by atoms with Gasteiger partial charge in [-0.2, -0.15) is 5.10 Å². The first-order valence-corrected chi connectivity index (χ1v) is 11.7.